The number of nitrogens with zero attached hydrogens (tertiary/aromatic N) is 3. The van der Waals surface area contributed by atoms with Crippen LogP contribution in [0.3, 0.4) is 0 Å². The van der Waals surface area contributed by atoms with Crippen molar-refractivity contribution in [2.45, 2.75) is 19.2 Å². The summed E-state index contributed by atoms with van der Waals surface area (Å²) in [6.45, 7) is 1.30. The molecule has 0 amide bonds. The molecule has 122 valence electrons. The Labute approximate surface area is 132 Å². The second-order valence-corrected chi connectivity index (χ2v) is 5.13. The molecule has 2 aromatic rings. The summed E-state index contributed by atoms with van der Waals surface area (Å²) in [5.74, 6) is 0.427. The lowest BCUT2D eigenvalue weighted by molar-refractivity contribution is -0.143. The van der Waals surface area contributed by atoms with E-state index in [-0.39, 0.29) is 13.2 Å². The maximum atomic E-state index is 11.8. The van der Waals surface area contributed by atoms with Gasteiger partial charge < -0.3 is 19.1 Å². The molecule has 8 heteroatoms. The molecule has 1 atom stereocenters. The first-order chi connectivity index (χ1) is 11.2. The largest absolute Gasteiger partial charge is 0.492 e. The SMILES string of the molecule is COCc1noc(CN2CCOc3ccccc3C2C(=O)O)n1. The van der Waals surface area contributed by atoms with Crippen LogP contribution in [-0.4, -0.2) is 46.4 Å². The summed E-state index contributed by atoms with van der Waals surface area (Å²) in [4.78, 5) is 17.7. The second-order valence-electron chi connectivity index (χ2n) is 5.13. The lowest BCUT2D eigenvalue weighted by atomic mass is 10.0. The predicted molar refractivity (Wildman–Crippen MR) is 77.7 cm³/mol. The van der Waals surface area contributed by atoms with Gasteiger partial charge in [0.1, 0.15) is 25.0 Å². The Balaban J connectivity index is 1.86. The van der Waals surface area contributed by atoms with Crippen LogP contribution in [0.25, 0.3) is 0 Å². The first-order valence-corrected chi connectivity index (χ1v) is 7.18. The van der Waals surface area contributed by atoms with Crippen molar-refractivity contribution in [2.75, 3.05) is 20.3 Å². The Morgan fingerprint density at radius 3 is 3.09 bits per heavy atom. The highest BCUT2D eigenvalue weighted by Gasteiger charge is 2.33. The smallest absolute Gasteiger partial charge is 0.325 e. The van der Waals surface area contributed by atoms with Gasteiger partial charge in [0.15, 0.2) is 5.82 Å². The first kappa shape index (κ1) is 15.4. The fourth-order valence-corrected chi connectivity index (χ4v) is 2.61. The number of hydrogen-bond acceptors (Lipinski definition) is 7. The molecule has 2 heterocycles. The van der Waals surface area contributed by atoms with E-state index >= 15 is 0 Å². The highest BCUT2D eigenvalue weighted by molar-refractivity contribution is 5.76. The van der Waals surface area contributed by atoms with E-state index in [2.05, 4.69) is 10.1 Å². The number of benzene rings is 1. The van der Waals surface area contributed by atoms with Gasteiger partial charge in [-0.25, -0.2) is 0 Å². The summed E-state index contributed by atoms with van der Waals surface area (Å²) in [6, 6.07) is 6.33. The molecule has 1 N–H and O–H groups in total. The molecular weight excluding hydrogens is 302 g/mol. The van der Waals surface area contributed by atoms with Gasteiger partial charge in [-0.05, 0) is 6.07 Å². The van der Waals surface area contributed by atoms with Gasteiger partial charge in [0.05, 0.1) is 6.54 Å². The topological polar surface area (TPSA) is 97.9 Å². The molecule has 1 unspecified atom stereocenters. The molecule has 1 aromatic heterocycles. The number of fused-ring (bicyclic) bond motifs is 1. The maximum Gasteiger partial charge on any atom is 0.325 e. The molecule has 1 aliphatic rings. The van der Waals surface area contributed by atoms with E-state index < -0.39 is 12.0 Å². The van der Waals surface area contributed by atoms with Crippen molar-refractivity contribution in [1.82, 2.24) is 15.0 Å². The van der Waals surface area contributed by atoms with Crippen LogP contribution in [0, 0.1) is 0 Å². The number of carboxylic acid groups (broad SMARTS) is 1. The first-order valence-electron chi connectivity index (χ1n) is 7.18. The van der Waals surface area contributed by atoms with Gasteiger partial charge in [-0.3, -0.25) is 9.69 Å². The number of aromatic nitrogens is 2. The minimum atomic E-state index is -0.945. The highest BCUT2D eigenvalue weighted by Crippen LogP contribution is 2.32. The van der Waals surface area contributed by atoms with Gasteiger partial charge in [0.25, 0.3) is 0 Å². The minimum absolute atomic E-state index is 0.228. The Hall–Kier alpha value is -2.45. The number of methoxy groups -OCH3 is 1. The van der Waals surface area contributed by atoms with E-state index in [9.17, 15) is 9.90 Å². The molecule has 0 fully saturated rings. The van der Waals surface area contributed by atoms with Crippen LogP contribution in [0.4, 0.5) is 0 Å². The molecule has 1 aromatic carbocycles. The zero-order valence-electron chi connectivity index (χ0n) is 12.6. The third-order valence-corrected chi connectivity index (χ3v) is 3.57. The Morgan fingerprint density at radius 2 is 2.30 bits per heavy atom. The van der Waals surface area contributed by atoms with Gasteiger partial charge in [0.2, 0.25) is 5.89 Å². The van der Waals surface area contributed by atoms with Crippen molar-refractivity contribution in [2.24, 2.45) is 0 Å². The van der Waals surface area contributed by atoms with Crippen molar-refractivity contribution < 1.29 is 23.9 Å². The number of carbonyl (C=O) groups is 1. The number of rotatable bonds is 5. The Bertz CT molecular complexity index is 687. The van der Waals surface area contributed by atoms with E-state index in [1.807, 2.05) is 6.07 Å². The Morgan fingerprint density at radius 1 is 1.48 bits per heavy atom. The van der Waals surface area contributed by atoms with Crippen molar-refractivity contribution in [3.63, 3.8) is 0 Å². The number of para-hydroxylation sites is 1. The zero-order chi connectivity index (χ0) is 16.2. The van der Waals surface area contributed by atoms with Gasteiger partial charge in [-0.2, -0.15) is 4.98 Å². The summed E-state index contributed by atoms with van der Waals surface area (Å²) in [5.41, 5.74) is 0.620. The average Bonchev–Trinajstić information content (AvgIpc) is 2.87. The molecule has 0 radical (unpaired) electrons. The van der Waals surface area contributed by atoms with Crippen molar-refractivity contribution in [1.29, 1.82) is 0 Å². The second kappa shape index (κ2) is 6.76. The lowest BCUT2D eigenvalue weighted by Gasteiger charge is -2.24. The van der Waals surface area contributed by atoms with E-state index in [1.165, 1.54) is 0 Å². The predicted octanol–water partition coefficient (Wildman–Crippen LogP) is 1.24. The van der Waals surface area contributed by atoms with E-state index in [4.69, 9.17) is 14.0 Å². The molecule has 0 saturated carbocycles. The van der Waals surface area contributed by atoms with Crippen LogP contribution in [-0.2, 0) is 22.7 Å². The fraction of sp³-hybridized carbons (Fsp3) is 0.400. The lowest BCUT2D eigenvalue weighted by Crippen LogP contribution is -2.34. The zero-order valence-corrected chi connectivity index (χ0v) is 12.6. The van der Waals surface area contributed by atoms with Gasteiger partial charge in [0, 0.05) is 19.2 Å². The van der Waals surface area contributed by atoms with Crippen LogP contribution >= 0.6 is 0 Å². The number of carboxylic acids is 1. The average molecular weight is 319 g/mol. The van der Waals surface area contributed by atoms with Crippen molar-refractivity contribution in [3.8, 4) is 5.75 Å². The standard InChI is InChI=1S/C15H17N3O5/c1-21-9-12-16-13(23-17-12)8-18-6-7-22-11-5-3-2-4-10(11)14(18)15(19)20/h2-5,14H,6-9H2,1H3,(H,19,20). The van der Waals surface area contributed by atoms with Gasteiger partial charge in [-0.1, -0.05) is 23.4 Å². The summed E-state index contributed by atoms with van der Waals surface area (Å²) >= 11 is 0. The molecule has 3 rings (SSSR count). The van der Waals surface area contributed by atoms with E-state index in [0.29, 0.717) is 36.2 Å². The van der Waals surface area contributed by atoms with Crippen LogP contribution < -0.4 is 4.74 Å². The summed E-state index contributed by atoms with van der Waals surface area (Å²) in [6.07, 6.45) is 0. The molecule has 0 saturated heterocycles. The maximum absolute atomic E-state index is 11.8. The quantitative estimate of drug-likeness (QED) is 0.879. The van der Waals surface area contributed by atoms with E-state index in [0.717, 1.165) is 0 Å². The molecule has 0 bridgehead atoms. The van der Waals surface area contributed by atoms with Gasteiger partial charge >= 0.3 is 5.97 Å². The Kier molecular flexibility index (Phi) is 4.54. The molecular formula is C15H17N3O5. The molecule has 0 spiro atoms. The molecule has 1 aliphatic heterocycles. The van der Waals surface area contributed by atoms with Gasteiger partial charge in [-0.15, -0.1) is 0 Å². The summed E-state index contributed by atoms with van der Waals surface area (Å²) in [7, 11) is 1.54. The van der Waals surface area contributed by atoms with Crippen LogP contribution in [0.5, 0.6) is 5.75 Å². The van der Waals surface area contributed by atoms with E-state index in [1.54, 1.807) is 30.2 Å². The van der Waals surface area contributed by atoms with Crippen LogP contribution in [0.15, 0.2) is 28.8 Å². The third-order valence-electron chi connectivity index (χ3n) is 3.57. The number of aliphatic carboxylic acids is 1. The minimum Gasteiger partial charge on any atom is -0.492 e. The molecule has 8 nitrogen and oxygen atoms in total. The molecule has 0 aliphatic carbocycles. The third kappa shape index (κ3) is 3.33. The number of hydrogen-bond donors (Lipinski definition) is 1. The summed E-state index contributed by atoms with van der Waals surface area (Å²) < 4.78 is 15.8. The van der Waals surface area contributed by atoms with Crippen LogP contribution in [0.2, 0.25) is 0 Å². The van der Waals surface area contributed by atoms with Crippen LogP contribution in [0.1, 0.15) is 23.3 Å². The van der Waals surface area contributed by atoms with Crippen molar-refractivity contribution in [3.05, 3.63) is 41.5 Å². The monoisotopic (exact) mass is 319 g/mol. The number of ether oxygens (including phenoxy) is 2. The highest BCUT2D eigenvalue weighted by atomic mass is 16.5. The summed E-state index contributed by atoms with van der Waals surface area (Å²) in [5, 5.41) is 13.5. The van der Waals surface area contributed by atoms with Crippen molar-refractivity contribution >= 4 is 5.97 Å². The normalized spacial score (nSPS) is 18.0. The molecule has 23 heavy (non-hydrogen) atoms. The fourth-order valence-electron chi connectivity index (χ4n) is 2.61.